The first-order chi connectivity index (χ1) is 10.0. The van der Waals surface area contributed by atoms with E-state index in [2.05, 4.69) is 17.2 Å². The van der Waals surface area contributed by atoms with Gasteiger partial charge < -0.3 is 15.5 Å². The maximum atomic E-state index is 12.2. The number of nitrogens with one attached hydrogen (secondary N) is 2. The fourth-order valence-electron chi connectivity index (χ4n) is 3.19. The Labute approximate surface area is 124 Å². The van der Waals surface area contributed by atoms with Crippen LogP contribution < -0.4 is 10.6 Å². The molecule has 21 heavy (non-hydrogen) atoms. The first-order valence-electron chi connectivity index (χ1n) is 7.48. The molecule has 0 radical (unpaired) electrons. The lowest BCUT2D eigenvalue weighted by atomic mass is 9.60. The Hall–Kier alpha value is -1.85. The molecule has 1 aliphatic heterocycles. The number of hydrogen-bond donors (Lipinski definition) is 2. The SMILES string of the molecule is C=CC(=O)N(CC)CC(=O)NC1CNC(=O)CC12CCC2. The largest absolute Gasteiger partial charge is 0.354 e. The number of amides is 3. The lowest BCUT2D eigenvalue weighted by Gasteiger charge is -2.50. The molecule has 1 aliphatic carbocycles. The van der Waals surface area contributed by atoms with Gasteiger partial charge in [-0.2, -0.15) is 0 Å². The third-order valence-electron chi connectivity index (χ3n) is 4.64. The minimum atomic E-state index is -0.247. The molecule has 1 saturated heterocycles. The lowest BCUT2D eigenvalue weighted by molar-refractivity contribution is -0.136. The molecule has 1 heterocycles. The summed E-state index contributed by atoms with van der Waals surface area (Å²) >= 11 is 0. The van der Waals surface area contributed by atoms with Crippen molar-refractivity contribution in [2.75, 3.05) is 19.6 Å². The van der Waals surface area contributed by atoms with Gasteiger partial charge in [0.25, 0.3) is 0 Å². The van der Waals surface area contributed by atoms with Crippen molar-refractivity contribution in [2.45, 2.75) is 38.6 Å². The van der Waals surface area contributed by atoms with Crippen LogP contribution in [0, 0.1) is 5.41 Å². The summed E-state index contributed by atoms with van der Waals surface area (Å²) in [5, 5.41) is 5.81. The molecule has 1 atom stereocenters. The van der Waals surface area contributed by atoms with Crippen molar-refractivity contribution in [3.63, 3.8) is 0 Å². The maximum Gasteiger partial charge on any atom is 0.246 e. The summed E-state index contributed by atoms with van der Waals surface area (Å²) in [6.45, 7) is 6.23. The summed E-state index contributed by atoms with van der Waals surface area (Å²) < 4.78 is 0. The Kier molecular flexibility index (Phi) is 4.65. The second kappa shape index (κ2) is 6.28. The number of hydrogen-bond acceptors (Lipinski definition) is 3. The van der Waals surface area contributed by atoms with E-state index in [0.29, 0.717) is 19.5 Å². The van der Waals surface area contributed by atoms with Crippen LogP contribution in [0.15, 0.2) is 12.7 Å². The molecule has 1 unspecified atom stereocenters. The highest BCUT2D eigenvalue weighted by Gasteiger charge is 2.48. The fraction of sp³-hybridized carbons (Fsp3) is 0.667. The third-order valence-corrected chi connectivity index (χ3v) is 4.64. The van der Waals surface area contributed by atoms with E-state index in [4.69, 9.17) is 0 Å². The molecule has 6 heteroatoms. The first-order valence-corrected chi connectivity index (χ1v) is 7.48. The van der Waals surface area contributed by atoms with Crippen LogP contribution in [-0.2, 0) is 14.4 Å². The van der Waals surface area contributed by atoms with Crippen molar-refractivity contribution < 1.29 is 14.4 Å². The molecule has 2 aliphatic rings. The zero-order valence-corrected chi connectivity index (χ0v) is 12.5. The van der Waals surface area contributed by atoms with Crippen LogP contribution in [0.25, 0.3) is 0 Å². The first kappa shape index (κ1) is 15.5. The number of carbonyl (C=O) groups excluding carboxylic acids is 3. The molecule has 1 saturated carbocycles. The van der Waals surface area contributed by atoms with Crippen molar-refractivity contribution in [3.8, 4) is 0 Å². The van der Waals surface area contributed by atoms with Crippen LogP contribution in [0.2, 0.25) is 0 Å². The van der Waals surface area contributed by atoms with E-state index in [9.17, 15) is 14.4 Å². The van der Waals surface area contributed by atoms with Crippen LogP contribution in [0.3, 0.4) is 0 Å². The Morgan fingerprint density at radius 2 is 2.24 bits per heavy atom. The van der Waals surface area contributed by atoms with Crippen LogP contribution in [0.5, 0.6) is 0 Å². The number of rotatable bonds is 5. The number of likely N-dealkylation sites (N-methyl/N-ethyl adjacent to an activating group) is 1. The summed E-state index contributed by atoms with van der Waals surface area (Å²) in [4.78, 5) is 36.7. The summed E-state index contributed by atoms with van der Waals surface area (Å²) in [5.41, 5.74) is -0.0719. The molecule has 116 valence electrons. The van der Waals surface area contributed by atoms with E-state index >= 15 is 0 Å². The van der Waals surface area contributed by atoms with Crippen LogP contribution >= 0.6 is 0 Å². The lowest BCUT2D eigenvalue weighted by Crippen LogP contribution is -2.62. The highest BCUT2D eigenvalue weighted by atomic mass is 16.2. The average molecular weight is 293 g/mol. The molecule has 2 rings (SSSR count). The van der Waals surface area contributed by atoms with Crippen molar-refractivity contribution in [3.05, 3.63) is 12.7 Å². The highest BCUT2D eigenvalue weighted by molar-refractivity contribution is 5.91. The van der Waals surface area contributed by atoms with Gasteiger partial charge in [0, 0.05) is 24.9 Å². The Bertz CT molecular complexity index is 457. The minimum Gasteiger partial charge on any atom is -0.354 e. The maximum absolute atomic E-state index is 12.2. The summed E-state index contributed by atoms with van der Waals surface area (Å²) in [6, 6.07) is -0.0333. The molecular formula is C15H23N3O3. The van der Waals surface area contributed by atoms with Gasteiger partial charge in [0.15, 0.2) is 0 Å². The number of nitrogens with zero attached hydrogens (tertiary/aromatic N) is 1. The molecule has 6 nitrogen and oxygen atoms in total. The van der Waals surface area contributed by atoms with E-state index < -0.39 is 0 Å². The zero-order chi connectivity index (χ0) is 15.5. The second-order valence-corrected chi connectivity index (χ2v) is 5.87. The monoisotopic (exact) mass is 293 g/mol. The quantitative estimate of drug-likeness (QED) is 0.711. The van der Waals surface area contributed by atoms with Gasteiger partial charge in [-0.15, -0.1) is 0 Å². The predicted octanol–water partition coefficient (Wildman–Crippen LogP) is 0.196. The normalized spacial score (nSPS) is 22.9. The van der Waals surface area contributed by atoms with E-state index in [-0.39, 0.29) is 35.7 Å². The zero-order valence-electron chi connectivity index (χ0n) is 12.5. The predicted molar refractivity (Wildman–Crippen MR) is 78.3 cm³/mol. The van der Waals surface area contributed by atoms with Gasteiger partial charge in [-0.05, 0) is 25.8 Å². The van der Waals surface area contributed by atoms with Crippen molar-refractivity contribution in [1.82, 2.24) is 15.5 Å². The molecule has 2 N–H and O–H groups in total. The van der Waals surface area contributed by atoms with Gasteiger partial charge in [0.1, 0.15) is 0 Å². The number of piperidine rings is 1. The van der Waals surface area contributed by atoms with E-state index in [1.165, 1.54) is 11.0 Å². The standard InChI is InChI=1S/C15H23N3O3/c1-3-14(21)18(4-2)10-13(20)17-11-9-16-12(19)8-15(11)6-5-7-15/h3,11H,1,4-10H2,2H3,(H,16,19)(H,17,20). The van der Waals surface area contributed by atoms with Gasteiger partial charge >= 0.3 is 0 Å². The average Bonchev–Trinajstić information content (AvgIpc) is 2.44. The Balaban J connectivity index is 1.94. The van der Waals surface area contributed by atoms with Gasteiger partial charge in [0.05, 0.1) is 12.6 Å². The minimum absolute atomic E-state index is 0.0296. The third kappa shape index (κ3) is 3.25. The summed E-state index contributed by atoms with van der Waals surface area (Å²) in [6.07, 6.45) is 4.77. The van der Waals surface area contributed by atoms with Gasteiger partial charge in [-0.25, -0.2) is 0 Å². The van der Waals surface area contributed by atoms with Crippen molar-refractivity contribution in [1.29, 1.82) is 0 Å². The van der Waals surface area contributed by atoms with E-state index in [1.807, 2.05) is 6.92 Å². The molecule has 0 aromatic rings. The van der Waals surface area contributed by atoms with Crippen molar-refractivity contribution >= 4 is 17.7 Å². The second-order valence-electron chi connectivity index (χ2n) is 5.87. The highest BCUT2D eigenvalue weighted by Crippen LogP contribution is 2.48. The van der Waals surface area contributed by atoms with Crippen molar-refractivity contribution in [2.24, 2.45) is 5.41 Å². The molecule has 0 aromatic heterocycles. The van der Waals surface area contributed by atoms with E-state index in [1.54, 1.807) is 0 Å². The molecule has 0 aromatic carbocycles. The van der Waals surface area contributed by atoms with Crippen LogP contribution in [0.4, 0.5) is 0 Å². The Morgan fingerprint density at radius 3 is 2.76 bits per heavy atom. The molecule has 0 bridgehead atoms. The van der Waals surface area contributed by atoms with E-state index in [0.717, 1.165) is 19.3 Å². The molecule has 2 fully saturated rings. The molecule has 1 spiro atoms. The summed E-state index contributed by atoms with van der Waals surface area (Å²) in [5.74, 6) is -0.361. The van der Waals surface area contributed by atoms with Crippen LogP contribution in [0.1, 0.15) is 32.6 Å². The summed E-state index contributed by atoms with van der Waals surface area (Å²) in [7, 11) is 0. The fourth-order valence-corrected chi connectivity index (χ4v) is 3.19. The van der Waals surface area contributed by atoms with Gasteiger partial charge in [-0.1, -0.05) is 13.0 Å². The van der Waals surface area contributed by atoms with Gasteiger partial charge in [0.2, 0.25) is 17.7 Å². The number of carbonyl (C=O) groups is 3. The smallest absolute Gasteiger partial charge is 0.246 e. The topological polar surface area (TPSA) is 78.5 Å². The molecular weight excluding hydrogens is 270 g/mol. The van der Waals surface area contributed by atoms with Crippen LogP contribution in [-0.4, -0.2) is 48.3 Å². The Morgan fingerprint density at radius 1 is 1.52 bits per heavy atom. The van der Waals surface area contributed by atoms with Gasteiger partial charge in [-0.3, -0.25) is 14.4 Å². The molecule has 3 amide bonds.